The molecule has 0 bridgehead atoms. The van der Waals surface area contributed by atoms with Crippen molar-refractivity contribution < 1.29 is 21.1 Å². The minimum absolute atomic E-state index is 0.446. The van der Waals surface area contributed by atoms with Gasteiger partial charge in [-0.3, -0.25) is 0 Å². The Morgan fingerprint density at radius 3 is 1.11 bits per heavy atom. The summed E-state index contributed by atoms with van der Waals surface area (Å²) >= 11 is 2.19. The van der Waals surface area contributed by atoms with Crippen LogP contribution in [0.25, 0.3) is 0 Å². The minimum atomic E-state index is -0.446. The average molecular weight is 560 g/mol. The summed E-state index contributed by atoms with van der Waals surface area (Å²) in [5.41, 5.74) is 1.07. The second-order valence-corrected chi connectivity index (χ2v) is 8.67. The molecular weight excluding hydrogens is 540 g/mol. The van der Waals surface area contributed by atoms with Crippen LogP contribution in [-0.2, 0) is 21.1 Å². The van der Waals surface area contributed by atoms with Crippen molar-refractivity contribution >= 4 is 23.8 Å². The number of rotatable bonds is 3. The minimum Gasteiger partial charge on any atom is -0.0622 e. The Bertz CT molecular complexity index is 911. The Morgan fingerprint density at radius 1 is 0.464 bits per heavy atom. The molecule has 0 aromatic heterocycles. The van der Waals surface area contributed by atoms with Gasteiger partial charge in [0.15, 0.2) is 0 Å². The van der Waals surface area contributed by atoms with Gasteiger partial charge in [-0.15, -0.1) is 0 Å². The van der Waals surface area contributed by atoms with Gasteiger partial charge in [0.05, 0.1) is 0 Å². The molecule has 4 rings (SSSR count). The maximum atomic E-state index is 2.93. The van der Waals surface area contributed by atoms with Crippen molar-refractivity contribution in [2.75, 3.05) is 0 Å². The fourth-order valence-corrected chi connectivity index (χ4v) is 5.36. The van der Waals surface area contributed by atoms with Crippen LogP contribution in [0.1, 0.15) is 5.56 Å². The molecule has 0 spiro atoms. The van der Waals surface area contributed by atoms with E-state index in [4.69, 9.17) is 0 Å². The molecule has 0 saturated carbocycles. The summed E-state index contributed by atoms with van der Waals surface area (Å²) in [4.78, 5) is 0. The summed E-state index contributed by atoms with van der Waals surface area (Å²) in [6.07, 6.45) is 0. The summed E-state index contributed by atoms with van der Waals surface area (Å²) in [5, 5.41) is 4.19. The molecule has 0 heterocycles. The Labute approximate surface area is 181 Å². The van der Waals surface area contributed by atoms with E-state index in [-0.39, 0.29) is 0 Å². The van der Waals surface area contributed by atoms with Gasteiger partial charge in [-0.1, -0.05) is 91.0 Å². The Hall–Kier alpha value is -2.39. The van der Waals surface area contributed by atoms with Gasteiger partial charge in [-0.25, -0.2) is 0 Å². The molecule has 0 radical (unpaired) electrons. The zero-order valence-corrected chi connectivity index (χ0v) is 18.4. The van der Waals surface area contributed by atoms with E-state index >= 15 is 0 Å². The van der Waals surface area contributed by atoms with Crippen molar-refractivity contribution in [2.24, 2.45) is 0 Å². The molecular formula is C26H20AuP. The molecule has 0 aliphatic heterocycles. The maximum Gasteiger partial charge on any atom is -0.0134 e. The molecule has 0 atom stereocenters. The molecule has 0 aliphatic rings. The van der Waals surface area contributed by atoms with E-state index in [0.29, 0.717) is 0 Å². The van der Waals surface area contributed by atoms with Gasteiger partial charge in [-0.2, -0.15) is 0 Å². The molecule has 4 aromatic rings. The Balaban J connectivity index is 0.000000211. The molecule has 0 amide bonds. The number of benzene rings is 4. The Kier molecular flexibility index (Phi) is 8.32. The van der Waals surface area contributed by atoms with E-state index in [2.05, 4.69) is 122 Å². The fourth-order valence-electron chi connectivity index (χ4n) is 2.74. The van der Waals surface area contributed by atoms with Crippen LogP contribution >= 0.6 is 7.92 Å². The fraction of sp³-hybridized carbons (Fsp3) is 0. The van der Waals surface area contributed by atoms with Crippen molar-refractivity contribution in [1.82, 2.24) is 0 Å². The molecule has 0 fully saturated rings. The smallest absolute Gasteiger partial charge is 0.0134 e. The van der Waals surface area contributed by atoms with Gasteiger partial charge < -0.3 is 0 Å². The normalized spacial score (nSPS) is 9.68. The summed E-state index contributed by atoms with van der Waals surface area (Å²) in [6, 6.07) is 42.2. The molecule has 0 N–H and O–H groups in total. The summed E-state index contributed by atoms with van der Waals surface area (Å²) in [5.74, 6) is 2.93. The van der Waals surface area contributed by atoms with E-state index in [9.17, 15) is 0 Å². The van der Waals surface area contributed by atoms with E-state index in [1.807, 2.05) is 30.3 Å². The van der Waals surface area contributed by atoms with Crippen LogP contribution in [0.5, 0.6) is 0 Å². The van der Waals surface area contributed by atoms with Crippen LogP contribution < -0.4 is 15.9 Å². The van der Waals surface area contributed by atoms with Crippen molar-refractivity contribution in [2.45, 2.75) is 0 Å². The molecule has 140 valence electrons. The number of hydrogen-bond acceptors (Lipinski definition) is 0. The summed E-state index contributed by atoms with van der Waals surface area (Å²) in [7, 11) is -0.446. The first-order valence-corrected chi connectivity index (χ1v) is 11.4. The largest absolute Gasteiger partial charge is 0.0622 e. The second kappa shape index (κ2) is 11.5. The third-order valence-corrected chi connectivity index (χ3v) is 6.71. The van der Waals surface area contributed by atoms with E-state index in [0.717, 1.165) is 5.56 Å². The van der Waals surface area contributed by atoms with Crippen LogP contribution in [-0.4, -0.2) is 0 Å². The van der Waals surface area contributed by atoms with Crippen molar-refractivity contribution in [1.29, 1.82) is 0 Å². The molecule has 0 saturated heterocycles. The third-order valence-electron chi connectivity index (χ3n) is 4.00. The van der Waals surface area contributed by atoms with E-state index in [1.54, 1.807) is 0 Å². The topological polar surface area (TPSA) is 0 Å². The van der Waals surface area contributed by atoms with Gasteiger partial charge in [0, 0.05) is 0 Å². The average Bonchev–Trinajstić information content (AvgIpc) is 2.78. The standard InChI is InChI=1S/C18H15P.C8H5.Au/c1-4-10-16(11-5-1)19(17-12-6-2-7-13-17)18-14-8-3-9-15-18;1-2-8-6-4-3-5-7-8;/h1-15H;3-7H;. The third kappa shape index (κ3) is 6.07. The zero-order valence-electron chi connectivity index (χ0n) is 15.3. The second-order valence-electron chi connectivity index (χ2n) is 5.91. The van der Waals surface area contributed by atoms with Gasteiger partial charge in [0.25, 0.3) is 0 Å². The molecule has 4 aromatic carbocycles. The Morgan fingerprint density at radius 2 is 0.786 bits per heavy atom. The quantitative estimate of drug-likeness (QED) is 0.188. The van der Waals surface area contributed by atoms with Crippen LogP contribution in [0.2, 0.25) is 0 Å². The van der Waals surface area contributed by atoms with Crippen LogP contribution in [0.3, 0.4) is 0 Å². The van der Waals surface area contributed by atoms with Crippen molar-refractivity contribution in [3.63, 3.8) is 0 Å². The monoisotopic (exact) mass is 560 g/mol. The predicted octanol–water partition coefficient (Wildman–Crippen LogP) is 4.99. The first kappa shape index (κ1) is 20.3. The molecule has 2 heteroatoms. The molecule has 28 heavy (non-hydrogen) atoms. The molecule has 0 aliphatic carbocycles. The summed E-state index contributed by atoms with van der Waals surface area (Å²) < 4.78 is 2.78. The van der Waals surface area contributed by atoms with Crippen LogP contribution in [0.15, 0.2) is 121 Å². The molecule has 0 nitrogen and oxygen atoms in total. The maximum absolute atomic E-state index is 2.93. The van der Waals surface area contributed by atoms with Crippen molar-refractivity contribution in [3.05, 3.63) is 127 Å². The van der Waals surface area contributed by atoms with E-state index in [1.165, 1.54) is 15.9 Å². The summed E-state index contributed by atoms with van der Waals surface area (Å²) in [6.45, 7) is 0. The van der Waals surface area contributed by atoms with Gasteiger partial charge in [-0.05, 0) is 23.8 Å². The number of hydrogen-bond donors (Lipinski definition) is 0. The van der Waals surface area contributed by atoms with Crippen LogP contribution in [0, 0.1) is 10.1 Å². The first-order chi connectivity index (χ1) is 13.9. The SMILES string of the molecule is [Au][C]#Cc1ccccc1.c1ccc(P(c2ccccc2)c2ccccc2)cc1. The zero-order chi connectivity index (χ0) is 19.4. The van der Waals surface area contributed by atoms with Crippen LogP contribution in [0.4, 0.5) is 0 Å². The molecule has 0 unspecified atom stereocenters. The van der Waals surface area contributed by atoms with Crippen molar-refractivity contribution in [3.8, 4) is 10.1 Å². The van der Waals surface area contributed by atoms with Gasteiger partial charge >= 0.3 is 67.0 Å². The van der Waals surface area contributed by atoms with Gasteiger partial charge in [0.1, 0.15) is 0 Å². The predicted molar refractivity (Wildman–Crippen MR) is 118 cm³/mol. The van der Waals surface area contributed by atoms with Gasteiger partial charge in [0.2, 0.25) is 0 Å². The van der Waals surface area contributed by atoms with E-state index < -0.39 is 7.92 Å². The first-order valence-electron chi connectivity index (χ1n) is 8.96.